The molecule has 0 radical (unpaired) electrons. The number of alkyl halides is 2. The lowest BCUT2D eigenvalue weighted by atomic mass is 9.54. The molecule has 0 aromatic heterocycles. The number of imide groups is 1. The average molecular weight is 548 g/mol. The van der Waals surface area contributed by atoms with E-state index in [1.807, 2.05) is 48.5 Å². The van der Waals surface area contributed by atoms with Gasteiger partial charge in [0, 0.05) is 4.47 Å². The maximum absolute atomic E-state index is 14.0. The zero-order chi connectivity index (χ0) is 22.6. The maximum Gasteiger partial charge on any atom is 0.240 e. The molecule has 160 valence electrons. The second-order valence-electron chi connectivity index (χ2n) is 8.49. The molecule has 3 aliphatic carbocycles. The van der Waals surface area contributed by atoms with Gasteiger partial charge in [-0.1, -0.05) is 60.1 Å². The van der Waals surface area contributed by atoms with E-state index in [0.29, 0.717) is 20.7 Å². The summed E-state index contributed by atoms with van der Waals surface area (Å²) >= 11 is 24.7. The van der Waals surface area contributed by atoms with Crippen LogP contribution in [0.25, 0.3) is 0 Å². The molecule has 2 amide bonds. The van der Waals surface area contributed by atoms with E-state index in [-0.39, 0.29) is 11.8 Å². The minimum atomic E-state index is -1.19. The van der Waals surface area contributed by atoms with Gasteiger partial charge in [0.2, 0.25) is 11.8 Å². The predicted molar refractivity (Wildman–Crippen MR) is 130 cm³/mol. The predicted octanol–water partition coefficient (Wildman–Crippen LogP) is 6.51. The summed E-state index contributed by atoms with van der Waals surface area (Å²) < 4.78 is 0.694. The molecule has 4 aliphatic rings. The largest absolute Gasteiger partial charge is 0.274 e. The lowest BCUT2D eigenvalue weighted by Crippen LogP contribution is -2.57. The smallest absolute Gasteiger partial charge is 0.240 e. The number of carbonyl (C=O) groups excluding carboxylic acids is 2. The normalized spacial score (nSPS) is 29.7. The minimum absolute atomic E-state index is 0.356. The van der Waals surface area contributed by atoms with E-state index in [2.05, 4.69) is 15.9 Å². The van der Waals surface area contributed by atoms with Gasteiger partial charge in [0.1, 0.15) is 9.75 Å². The Morgan fingerprint density at radius 2 is 1.19 bits per heavy atom. The second kappa shape index (κ2) is 6.60. The fraction of sp³-hybridized carbons (Fsp3) is 0.200. The number of anilines is 1. The first kappa shape index (κ1) is 20.7. The Morgan fingerprint density at radius 3 is 1.59 bits per heavy atom. The highest BCUT2D eigenvalue weighted by Gasteiger charge is 2.73. The van der Waals surface area contributed by atoms with Crippen molar-refractivity contribution in [1.29, 1.82) is 0 Å². The molecule has 0 saturated carbocycles. The van der Waals surface area contributed by atoms with Gasteiger partial charge in [-0.25, -0.2) is 4.90 Å². The Kier molecular flexibility index (Phi) is 4.28. The monoisotopic (exact) mass is 545 g/mol. The van der Waals surface area contributed by atoms with E-state index in [9.17, 15) is 9.59 Å². The molecule has 7 heteroatoms. The number of nitrogens with zero attached hydrogens (tertiary/aromatic N) is 1. The second-order valence-corrected chi connectivity index (χ2v) is 10.9. The highest BCUT2D eigenvalue weighted by Crippen LogP contribution is 2.69. The summed E-state index contributed by atoms with van der Waals surface area (Å²) in [6.45, 7) is 1.79. The number of amides is 2. The van der Waals surface area contributed by atoms with Gasteiger partial charge >= 0.3 is 0 Å². The van der Waals surface area contributed by atoms with Crippen molar-refractivity contribution in [2.75, 3.05) is 4.90 Å². The molecule has 1 saturated heterocycles. The Morgan fingerprint density at radius 1 is 0.781 bits per heavy atom. The number of hydrogen-bond acceptors (Lipinski definition) is 2. The number of halogens is 4. The van der Waals surface area contributed by atoms with Crippen LogP contribution in [0.3, 0.4) is 0 Å². The van der Waals surface area contributed by atoms with Crippen molar-refractivity contribution >= 4 is 68.2 Å². The molecule has 1 fully saturated rings. The Balaban J connectivity index is 1.65. The molecule has 1 heterocycles. The molecule has 1 aliphatic heterocycles. The standard InChI is InChI=1S/C25H15BrCl3NO2/c1-12-18(11-10-17(26)21(12)27)30-22(31)19-20(23(30)32)25(29)14-7-3-2-6-13(14)24(19,28)15-8-4-5-9-16(15)25/h2-11,19-20H,1H3/t19-,20-,24?,25?/m1/s1. The summed E-state index contributed by atoms with van der Waals surface area (Å²) in [5.41, 5.74) is 4.22. The van der Waals surface area contributed by atoms with Gasteiger partial charge < -0.3 is 0 Å². The fourth-order valence-electron chi connectivity index (χ4n) is 5.79. The van der Waals surface area contributed by atoms with Crippen LogP contribution in [0, 0.1) is 18.8 Å². The van der Waals surface area contributed by atoms with Crippen molar-refractivity contribution in [3.05, 3.63) is 98.0 Å². The zero-order valence-corrected chi connectivity index (χ0v) is 20.6. The van der Waals surface area contributed by atoms with E-state index in [1.54, 1.807) is 19.1 Å². The van der Waals surface area contributed by atoms with Crippen LogP contribution in [0.15, 0.2) is 65.1 Å². The van der Waals surface area contributed by atoms with Gasteiger partial charge in [0.25, 0.3) is 0 Å². The van der Waals surface area contributed by atoms with Crippen molar-refractivity contribution < 1.29 is 9.59 Å². The summed E-state index contributed by atoms with van der Waals surface area (Å²) in [7, 11) is 0. The number of rotatable bonds is 1. The minimum Gasteiger partial charge on any atom is -0.274 e. The van der Waals surface area contributed by atoms with Crippen molar-refractivity contribution in [3.8, 4) is 0 Å². The third-order valence-electron chi connectivity index (χ3n) is 7.14. The molecule has 3 aromatic carbocycles. The average Bonchev–Trinajstić information content (AvgIpc) is 3.07. The quantitative estimate of drug-likeness (QED) is 0.257. The van der Waals surface area contributed by atoms with E-state index >= 15 is 0 Å². The van der Waals surface area contributed by atoms with E-state index in [4.69, 9.17) is 34.8 Å². The Labute approximate surface area is 208 Å². The first-order valence-electron chi connectivity index (χ1n) is 10.1. The van der Waals surface area contributed by atoms with Gasteiger partial charge in [-0.2, -0.15) is 0 Å². The molecule has 7 rings (SSSR count). The Bertz CT molecular complexity index is 1250. The molecular weight excluding hydrogens is 533 g/mol. The van der Waals surface area contributed by atoms with Crippen LogP contribution in [0.4, 0.5) is 5.69 Å². The van der Waals surface area contributed by atoms with E-state index in [1.165, 1.54) is 4.90 Å². The molecule has 0 unspecified atom stereocenters. The van der Waals surface area contributed by atoms with Crippen molar-refractivity contribution in [3.63, 3.8) is 0 Å². The summed E-state index contributed by atoms with van der Waals surface area (Å²) in [6.07, 6.45) is 0. The van der Waals surface area contributed by atoms with Gasteiger partial charge in [-0.05, 0) is 62.8 Å². The first-order chi connectivity index (χ1) is 15.2. The highest BCUT2D eigenvalue weighted by molar-refractivity contribution is 9.10. The van der Waals surface area contributed by atoms with Crippen LogP contribution in [0.5, 0.6) is 0 Å². The van der Waals surface area contributed by atoms with Gasteiger partial charge in [0.05, 0.1) is 22.5 Å². The maximum atomic E-state index is 14.0. The number of benzene rings is 3. The van der Waals surface area contributed by atoms with Gasteiger partial charge in [0.15, 0.2) is 0 Å². The SMILES string of the molecule is Cc1c(N2C(=O)[C@H]3[C@H](C2=O)C2(Cl)c4ccccc4C3(Cl)c3ccccc32)ccc(Br)c1Cl. The summed E-state index contributed by atoms with van der Waals surface area (Å²) in [5, 5.41) is 0.452. The van der Waals surface area contributed by atoms with Crippen LogP contribution in [0.2, 0.25) is 5.02 Å². The van der Waals surface area contributed by atoms with Gasteiger partial charge in [-0.15, -0.1) is 23.2 Å². The van der Waals surface area contributed by atoms with Crippen LogP contribution < -0.4 is 4.90 Å². The summed E-state index contributed by atoms with van der Waals surface area (Å²) in [6, 6.07) is 18.7. The molecule has 2 atom stereocenters. The van der Waals surface area contributed by atoms with Crippen LogP contribution in [0.1, 0.15) is 27.8 Å². The zero-order valence-electron chi connectivity index (χ0n) is 16.7. The topological polar surface area (TPSA) is 37.4 Å². The molecule has 2 bridgehead atoms. The lowest BCUT2D eigenvalue weighted by molar-refractivity contribution is -0.122. The molecule has 0 spiro atoms. The summed E-state index contributed by atoms with van der Waals surface area (Å²) in [4.78, 5) is 26.8. The van der Waals surface area contributed by atoms with Gasteiger partial charge in [-0.3, -0.25) is 9.59 Å². The molecule has 32 heavy (non-hydrogen) atoms. The third-order valence-corrected chi connectivity index (χ3v) is 9.80. The molecule has 3 nitrogen and oxygen atoms in total. The summed E-state index contributed by atoms with van der Waals surface area (Å²) in [5.74, 6) is -2.38. The Hall–Kier alpha value is -1.85. The van der Waals surface area contributed by atoms with Crippen molar-refractivity contribution in [2.45, 2.75) is 16.7 Å². The van der Waals surface area contributed by atoms with E-state index in [0.717, 1.165) is 22.3 Å². The number of carbonyl (C=O) groups is 2. The van der Waals surface area contributed by atoms with Crippen molar-refractivity contribution in [1.82, 2.24) is 0 Å². The molecule has 3 aromatic rings. The molecular formula is C25H15BrCl3NO2. The third kappa shape index (κ3) is 2.20. The van der Waals surface area contributed by atoms with Crippen molar-refractivity contribution in [2.24, 2.45) is 11.8 Å². The number of hydrogen-bond donors (Lipinski definition) is 0. The van der Waals surface area contributed by atoms with Crippen LogP contribution in [-0.4, -0.2) is 11.8 Å². The molecule has 0 N–H and O–H groups in total. The lowest BCUT2D eigenvalue weighted by Gasteiger charge is -2.54. The van der Waals surface area contributed by atoms with Crippen LogP contribution in [-0.2, 0) is 19.3 Å². The van der Waals surface area contributed by atoms with E-state index < -0.39 is 21.6 Å². The highest BCUT2D eigenvalue weighted by atomic mass is 79.9. The first-order valence-corrected chi connectivity index (χ1v) is 12.1. The van der Waals surface area contributed by atoms with Crippen LogP contribution >= 0.6 is 50.7 Å². The fourth-order valence-corrected chi connectivity index (χ4v) is 7.48.